The van der Waals surface area contributed by atoms with E-state index in [4.69, 9.17) is 4.42 Å². The van der Waals surface area contributed by atoms with Crippen LogP contribution in [0.5, 0.6) is 0 Å². The van der Waals surface area contributed by atoms with E-state index in [0.717, 1.165) is 49.8 Å². The molecule has 0 bridgehead atoms. The van der Waals surface area contributed by atoms with Crippen molar-refractivity contribution in [2.75, 3.05) is 26.2 Å². The predicted molar refractivity (Wildman–Crippen MR) is 63.8 cm³/mol. The van der Waals surface area contributed by atoms with Crippen LogP contribution in [-0.2, 0) is 0 Å². The van der Waals surface area contributed by atoms with Crippen molar-refractivity contribution in [3.8, 4) is 0 Å². The molecular weight excluding hydrogens is 216 g/mol. The van der Waals surface area contributed by atoms with Gasteiger partial charge in [0.05, 0.1) is 11.8 Å². The molecule has 0 aromatic carbocycles. The Bertz CT molecular complexity index is 427. The highest BCUT2D eigenvalue weighted by Gasteiger charge is 2.35. The van der Waals surface area contributed by atoms with Crippen LogP contribution in [-0.4, -0.2) is 37.0 Å². The number of rotatable bonds is 1. The van der Waals surface area contributed by atoms with Crippen molar-refractivity contribution in [2.45, 2.75) is 13.3 Å². The quantitative estimate of drug-likeness (QED) is 0.796. The van der Waals surface area contributed by atoms with Crippen molar-refractivity contribution in [1.29, 1.82) is 0 Å². The van der Waals surface area contributed by atoms with E-state index in [1.54, 1.807) is 12.3 Å². The standard InChI is InChI=1S/C13H18N2O2/c1-9-12(3-5-17-9)13(16)15-4-2-10-6-14-7-11(10)8-15/h3,5,10-11,14H,2,4,6-8H2,1H3. The smallest absolute Gasteiger partial charge is 0.257 e. The van der Waals surface area contributed by atoms with Gasteiger partial charge in [0.2, 0.25) is 0 Å². The van der Waals surface area contributed by atoms with Crippen molar-refractivity contribution in [1.82, 2.24) is 10.2 Å². The fourth-order valence-electron chi connectivity index (χ4n) is 3.00. The van der Waals surface area contributed by atoms with Crippen LogP contribution in [0.2, 0.25) is 0 Å². The van der Waals surface area contributed by atoms with Crippen LogP contribution in [0.15, 0.2) is 16.7 Å². The molecule has 2 saturated heterocycles. The lowest BCUT2D eigenvalue weighted by atomic mass is 9.88. The number of piperidine rings is 1. The lowest BCUT2D eigenvalue weighted by molar-refractivity contribution is 0.0641. The number of hydrogen-bond acceptors (Lipinski definition) is 3. The van der Waals surface area contributed by atoms with Gasteiger partial charge in [-0.1, -0.05) is 0 Å². The lowest BCUT2D eigenvalue weighted by Crippen LogP contribution is -2.43. The molecule has 3 heterocycles. The summed E-state index contributed by atoms with van der Waals surface area (Å²) in [5.41, 5.74) is 0.717. The van der Waals surface area contributed by atoms with Crippen LogP contribution in [0, 0.1) is 18.8 Å². The zero-order valence-electron chi connectivity index (χ0n) is 10.1. The molecule has 4 heteroatoms. The number of nitrogens with zero attached hydrogens (tertiary/aromatic N) is 1. The van der Waals surface area contributed by atoms with Crippen molar-refractivity contribution >= 4 is 5.91 Å². The summed E-state index contributed by atoms with van der Waals surface area (Å²) in [6, 6.07) is 1.77. The maximum Gasteiger partial charge on any atom is 0.257 e. The van der Waals surface area contributed by atoms with E-state index >= 15 is 0 Å². The fourth-order valence-corrected chi connectivity index (χ4v) is 3.00. The van der Waals surface area contributed by atoms with Crippen molar-refractivity contribution in [3.63, 3.8) is 0 Å². The molecule has 0 saturated carbocycles. The molecule has 1 aromatic rings. The van der Waals surface area contributed by atoms with Crippen molar-refractivity contribution in [3.05, 3.63) is 23.7 Å². The summed E-state index contributed by atoms with van der Waals surface area (Å²) >= 11 is 0. The first-order chi connectivity index (χ1) is 8.25. The normalized spacial score (nSPS) is 28.2. The van der Waals surface area contributed by atoms with E-state index in [2.05, 4.69) is 5.32 Å². The van der Waals surface area contributed by atoms with E-state index in [9.17, 15) is 4.79 Å². The molecule has 0 spiro atoms. The second-order valence-electron chi connectivity index (χ2n) is 5.11. The lowest BCUT2D eigenvalue weighted by Gasteiger charge is -2.34. The summed E-state index contributed by atoms with van der Waals surface area (Å²) in [7, 11) is 0. The molecule has 3 rings (SSSR count). The molecule has 1 amide bonds. The summed E-state index contributed by atoms with van der Waals surface area (Å²) in [6.07, 6.45) is 2.72. The Morgan fingerprint density at radius 3 is 3.06 bits per heavy atom. The summed E-state index contributed by atoms with van der Waals surface area (Å²) in [5, 5.41) is 3.41. The van der Waals surface area contributed by atoms with Crippen LogP contribution < -0.4 is 5.32 Å². The SMILES string of the molecule is Cc1occc1C(=O)N1CCC2CNCC2C1. The van der Waals surface area contributed by atoms with Gasteiger partial charge in [-0.05, 0) is 44.3 Å². The number of carbonyl (C=O) groups is 1. The largest absolute Gasteiger partial charge is 0.469 e. The molecule has 1 N–H and O–H groups in total. The third-order valence-corrected chi connectivity index (χ3v) is 4.08. The van der Waals surface area contributed by atoms with Gasteiger partial charge in [0.1, 0.15) is 5.76 Å². The van der Waals surface area contributed by atoms with E-state index < -0.39 is 0 Å². The second-order valence-corrected chi connectivity index (χ2v) is 5.11. The van der Waals surface area contributed by atoms with Gasteiger partial charge in [-0.25, -0.2) is 0 Å². The molecule has 2 aliphatic heterocycles. The summed E-state index contributed by atoms with van der Waals surface area (Å²) in [4.78, 5) is 14.3. The highest BCUT2D eigenvalue weighted by molar-refractivity contribution is 5.95. The Labute approximate surface area is 101 Å². The molecule has 17 heavy (non-hydrogen) atoms. The molecule has 2 aliphatic rings. The van der Waals surface area contributed by atoms with Gasteiger partial charge in [0, 0.05) is 13.1 Å². The highest BCUT2D eigenvalue weighted by atomic mass is 16.3. The van der Waals surface area contributed by atoms with E-state index in [1.165, 1.54) is 0 Å². The molecule has 4 nitrogen and oxygen atoms in total. The molecule has 2 fully saturated rings. The molecular formula is C13H18N2O2. The number of amides is 1. The molecule has 2 unspecified atom stereocenters. The van der Waals surface area contributed by atoms with Gasteiger partial charge in [-0.3, -0.25) is 4.79 Å². The number of aryl methyl sites for hydroxylation is 1. The number of nitrogens with one attached hydrogen (secondary N) is 1. The third-order valence-electron chi connectivity index (χ3n) is 4.08. The molecule has 92 valence electrons. The minimum Gasteiger partial charge on any atom is -0.469 e. The third kappa shape index (κ3) is 1.86. The average Bonchev–Trinajstić information content (AvgIpc) is 2.95. The van der Waals surface area contributed by atoms with Crippen molar-refractivity contribution < 1.29 is 9.21 Å². The van der Waals surface area contributed by atoms with E-state index in [-0.39, 0.29) is 5.91 Å². The monoisotopic (exact) mass is 234 g/mol. The van der Waals surface area contributed by atoms with Gasteiger partial charge in [-0.15, -0.1) is 0 Å². The average molecular weight is 234 g/mol. The van der Waals surface area contributed by atoms with Gasteiger partial charge in [0.25, 0.3) is 5.91 Å². The summed E-state index contributed by atoms with van der Waals surface area (Å²) in [6.45, 7) is 5.79. The van der Waals surface area contributed by atoms with E-state index in [1.807, 2.05) is 11.8 Å². The maximum atomic E-state index is 12.3. The number of fused-ring (bicyclic) bond motifs is 1. The van der Waals surface area contributed by atoms with Gasteiger partial charge >= 0.3 is 0 Å². The number of likely N-dealkylation sites (tertiary alicyclic amines) is 1. The van der Waals surface area contributed by atoms with Gasteiger partial charge in [-0.2, -0.15) is 0 Å². The Kier molecular flexibility index (Phi) is 2.67. The van der Waals surface area contributed by atoms with E-state index in [0.29, 0.717) is 5.92 Å². The zero-order chi connectivity index (χ0) is 11.8. The highest BCUT2D eigenvalue weighted by Crippen LogP contribution is 2.27. The van der Waals surface area contributed by atoms with Crippen LogP contribution in [0.1, 0.15) is 22.5 Å². The minimum atomic E-state index is 0.126. The summed E-state index contributed by atoms with van der Waals surface area (Å²) in [5.74, 6) is 2.26. The molecule has 0 aliphatic carbocycles. The fraction of sp³-hybridized carbons (Fsp3) is 0.615. The number of hydrogen-bond donors (Lipinski definition) is 1. The topological polar surface area (TPSA) is 45.5 Å². The van der Waals surface area contributed by atoms with Gasteiger partial charge < -0.3 is 14.6 Å². The number of carbonyl (C=O) groups excluding carboxylic acids is 1. The predicted octanol–water partition coefficient (Wildman–Crippen LogP) is 1.27. The zero-order valence-corrected chi connectivity index (χ0v) is 10.1. The Morgan fingerprint density at radius 1 is 1.47 bits per heavy atom. The molecule has 1 aromatic heterocycles. The second kappa shape index (κ2) is 4.18. The van der Waals surface area contributed by atoms with Crippen LogP contribution in [0.4, 0.5) is 0 Å². The maximum absolute atomic E-state index is 12.3. The Morgan fingerprint density at radius 2 is 2.29 bits per heavy atom. The Hall–Kier alpha value is -1.29. The first-order valence-electron chi connectivity index (χ1n) is 6.30. The van der Waals surface area contributed by atoms with Crippen LogP contribution in [0.3, 0.4) is 0 Å². The van der Waals surface area contributed by atoms with Crippen LogP contribution >= 0.6 is 0 Å². The first kappa shape index (κ1) is 10.8. The van der Waals surface area contributed by atoms with Gasteiger partial charge in [0.15, 0.2) is 0 Å². The molecule has 0 radical (unpaired) electrons. The van der Waals surface area contributed by atoms with Crippen LogP contribution in [0.25, 0.3) is 0 Å². The first-order valence-corrected chi connectivity index (χ1v) is 6.30. The molecule has 2 atom stereocenters. The number of furan rings is 1. The van der Waals surface area contributed by atoms with Crippen molar-refractivity contribution in [2.24, 2.45) is 11.8 Å². The minimum absolute atomic E-state index is 0.126. The summed E-state index contributed by atoms with van der Waals surface area (Å²) < 4.78 is 5.20. The Balaban J connectivity index is 1.73.